The third kappa shape index (κ3) is 1.58. The third-order valence-corrected chi connectivity index (χ3v) is 2.89. The van der Waals surface area contributed by atoms with Gasteiger partial charge >= 0.3 is 5.97 Å². The number of ether oxygens (including phenoxy) is 2. The largest absolute Gasteiger partial charge is 0.478 e. The second-order valence-corrected chi connectivity index (χ2v) is 3.83. The second-order valence-electron chi connectivity index (χ2n) is 3.83. The molecule has 1 heterocycles. The van der Waals surface area contributed by atoms with Gasteiger partial charge in [-0.1, -0.05) is 12.1 Å². The van der Waals surface area contributed by atoms with Gasteiger partial charge in [0.1, 0.15) is 5.75 Å². The normalized spacial score (nSPS) is 18.2. The number of benzene rings is 1. The van der Waals surface area contributed by atoms with Crippen LogP contribution in [0.2, 0.25) is 0 Å². The Morgan fingerprint density at radius 2 is 2.20 bits per heavy atom. The van der Waals surface area contributed by atoms with Gasteiger partial charge in [0.15, 0.2) is 6.10 Å². The Morgan fingerprint density at radius 1 is 1.47 bits per heavy atom. The molecule has 0 aliphatic carbocycles. The van der Waals surface area contributed by atoms with Crippen LogP contribution in [-0.2, 0) is 16.0 Å². The van der Waals surface area contributed by atoms with Crippen molar-refractivity contribution >= 4 is 5.97 Å². The zero-order valence-electron chi connectivity index (χ0n) is 9.16. The lowest BCUT2D eigenvalue weighted by atomic mass is 10.0. The molecule has 0 bridgehead atoms. The quantitative estimate of drug-likeness (QED) is 0.657. The lowest BCUT2D eigenvalue weighted by Crippen LogP contribution is -2.26. The molecule has 1 aromatic carbocycles. The lowest BCUT2D eigenvalue weighted by molar-refractivity contribution is -0.147. The Morgan fingerprint density at radius 3 is 2.87 bits per heavy atom. The van der Waals surface area contributed by atoms with Crippen LogP contribution in [0.5, 0.6) is 5.75 Å². The second kappa shape index (κ2) is 3.57. The smallest absolute Gasteiger partial charge is 0.347 e. The summed E-state index contributed by atoms with van der Waals surface area (Å²) in [6.07, 6.45) is 0.147. The fourth-order valence-electron chi connectivity index (χ4n) is 1.82. The van der Waals surface area contributed by atoms with Crippen LogP contribution in [0.15, 0.2) is 12.1 Å². The van der Waals surface area contributed by atoms with Gasteiger partial charge in [0.05, 0.1) is 7.11 Å². The number of hydrogen-bond acceptors (Lipinski definition) is 3. The zero-order chi connectivity index (χ0) is 11.0. The summed E-state index contributed by atoms with van der Waals surface area (Å²) in [5, 5.41) is 0. The van der Waals surface area contributed by atoms with Crippen LogP contribution in [-0.4, -0.2) is 19.2 Å². The molecule has 1 aromatic rings. The summed E-state index contributed by atoms with van der Waals surface area (Å²) in [4.78, 5) is 11.3. The van der Waals surface area contributed by atoms with Gasteiger partial charge in [0.25, 0.3) is 0 Å². The molecule has 0 fully saturated rings. The molecule has 0 spiro atoms. The zero-order valence-corrected chi connectivity index (χ0v) is 9.16. The van der Waals surface area contributed by atoms with Gasteiger partial charge in [-0.2, -0.15) is 0 Å². The van der Waals surface area contributed by atoms with Gasteiger partial charge in [-0.25, -0.2) is 4.79 Å². The highest BCUT2D eigenvalue weighted by molar-refractivity contribution is 5.77. The van der Waals surface area contributed by atoms with E-state index in [0.717, 1.165) is 16.9 Å². The van der Waals surface area contributed by atoms with Crippen molar-refractivity contribution in [3.05, 3.63) is 28.8 Å². The van der Waals surface area contributed by atoms with Crippen LogP contribution < -0.4 is 4.74 Å². The van der Waals surface area contributed by atoms with Gasteiger partial charge in [-0.3, -0.25) is 0 Å². The van der Waals surface area contributed by atoms with Gasteiger partial charge in [0, 0.05) is 6.42 Å². The highest BCUT2D eigenvalue weighted by atomic mass is 16.6. The molecule has 0 radical (unpaired) electrons. The van der Waals surface area contributed by atoms with E-state index in [-0.39, 0.29) is 5.97 Å². The predicted octanol–water partition coefficient (Wildman–Crippen LogP) is 1.78. The minimum Gasteiger partial charge on any atom is -0.478 e. The van der Waals surface area contributed by atoms with Gasteiger partial charge in [0.2, 0.25) is 0 Å². The molecule has 0 aromatic heterocycles. The van der Waals surface area contributed by atoms with Crippen molar-refractivity contribution in [2.45, 2.75) is 26.4 Å². The minimum absolute atomic E-state index is 0.303. The first kappa shape index (κ1) is 10.0. The molecule has 0 amide bonds. The van der Waals surface area contributed by atoms with E-state index in [0.29, 0.717) is 6.42 Å². The Balaban J connectivity index is 2.31. The summed E-state index contributed by atoms with van der Waals surface area (Å²) in [7, 11) is 1.38. The summed E-state index contributed by atoms with van der Waals surface area (Å²) in [5.41, 5.74) is 3.38. The molecular weight excluding hydrogens is 192 g/mol. The molecule has 80 valence electrons. The monoisotopic (exact) mass is 206 g/mol. The van der Waals surface area contributed by atoms with E-state index >= 15 is 0 Å². The van der Waals surface area contributed by atoms with Crippen molar-refractivity contribution in [3.63, 3.8) is 0 Å². The van der Waals surface area contributed by atoms with E-state index < -0.39 is 6.10 Å². The average molecular weight is 206 g/mol. The van der Waals surface area contributed by atoms with Gasteiger partial charge in [-0.05, 0) is 30.5 Å². The number of carbonyl (C=O) groups excluding carboxylic acids is 1. The molecule has 3 heteroatoms. The topological polar surface area (TPSA) is 35.5 Å². The maximum atomic E-state index is 11.3. The van der Waals surface area contributed by atoms with Crippen LogP contribution in [0, 0.1) is 13.8 Å². The fraction of sp³-hybridized carbons (Fsp3) is 0.417. The van der Waals surface area contributed by atoms with Gasteiger partial charge < -0.3 is 9.47 Å². The van der Waals surface area contributed by atoms with E-state index in [1.54, 1.807) is 0 Å². The summed E-state index contributed by atoms with van der Waals surface area (Å²) < 4.78 is 10.3. The van der Waals surface area contributed by atoms with Crippen molar-refractivity contribution in [3.8, 4) is 5.75 Å². The number of hydrogen-bond donors (Lipinski definition) is 0. The average Bonchev–Trinajstić information content (AvgIpc) is 2.67. The molecule has 0 saturated carbocycles. The molecule has 1 unspecified atom stereocenters. The van der Waals surface area contributed by atoms with Crippen molar-refractivity contribution in [1.82, 2.24) is 0 Å². The molecule has 0 saturated heterocycles. The van der Waals surface area contributed by atoms with E-state index in [1.165, 1.54) is 12.7 Å². The summed E-state index contributed by atoms with van der Waals surface area (Å²) in [6, 6.07) is 4.07. The lowest BCUT2D eigenvalue weighted by Gasteiger charge is -2.09. The molecular formula is C12H14O3. The molecule has 15 heavy (non-hydrogen) atoms. The number of fused-ring (bicyclic) bond motifs is 1. The molecule has 1 aliphatic heterocycles. The number of carbonyl (C=O) groups is 1. The molecule has 1 aliphatic rings. The maximum absolute atomic E-state index is 11.3. The molecule has 1 atom stereocenters. The van der Waals surface area contributed by atoms with Crippen LogP contribution in [0.3, 0.4) is 0 Å². The number of methoxy groups -OCH3 is 1. The minimum atomic E-state index is -0.467. The predicted molar refractivity (Wildman–Crippen MR) is 56.1 cm³/mol. The van der Waals surface area contributed by atoms with E-state index in [2.05, 4.69) is 10.8 Å². The van der Waals surface area contributed by atoms with Crippen LogP contribution >= 0.6 is 0 Å². The third-order valence-electron chi connectivity index (χ3n) is 2.89. The highest BCUT2D eigenvalue weighted by Gasteiger charge is 2.31. The van der Waals surface area contributed by atoms with Gasteiger partial charge in [-0.15, -0.1) is 0 Å². The van der Waals surface area contributed by atoms with Crippen molar-refractivity contribution in [2.24, 2.45) is 0 Å². The number of aryl methyl sites for hydroxylation is 1. The molecule has 3 nitrogen and oxygen atoms in total. The van der Waals surface area contributed by atoms with E-state index in [9.17, 15) is 4.79 Å². The first-order valence-corrected chi connectivity index (χ1v) is 4.97. The Hall–Kier alpha value is -1.51. The summed E-state index contributed by atoms with van der Waals surface area (Å²) in [5.74, 6) is 0.550. The summed E-state index contributed by atoms with van der Waals surface area (Å²) in [6.45, 7) is 4.04. The highest BCUT2D eigenvalue weighted by Crippen LogP contribution is 2.34. The molecule has 2 rings (SSSR count). The van der Waals surface area contributed by atoms with Crippen LogP contribution in [0.4, 0.5) is 0 Å². The maximum Gasteiger partial charge on any atom is 0.347 e. The summed E-state index contributed by atoms with van der Waals surface area (Å²) >= 11 is 0. The SMILES string of the molecule is COC(=O)C1Cc2ccc(C)c(C)c2O1. The van der Waals surface area contributed by atoms with Crippen molar-refractivity contribution in [2.75, 3.05) is 7.11 Å². The van der Waals surface area contributed by atoms with Crippen LogP contribution in [0.1, 0.15) is 16.7 Å². The van der Waals surface area contributed by atoms with Crippen LogP contribution in [0.25, 0.3) is 0 Å². The van der Waals surface area contributed by atoms with Crippen molar-refractivity contribution in [1.29, 1.82) is 0 Å². The van der Waals surface area contributed by atoms with E-state index in [1.807, 2.05) is 19.9 Å². The Kier molecular flexibility index (Phi) is 2.39. The first-order chi connectivity index (χ1) is 7.13. The fourth-order valence-corrected chi connectivity index (χ4v) is 1.82. The Labute approximate surface area is 89.0 Å². The van der Waals surface area contributed by atoms with Crippen molar-refractivity contribution < 1.29 is 14.3 Å². The first-order valence-electron chi connectivity index (χ1n) is 4.97. The number of rotatable bonds is 1. The number of esters is 1. The Bertz CT molecular complexity index is 410. The van der Waals surface area contributed by atoms with E-state index in [4.69, 9.17) is 4.74 Å². The standard InChI is InChI=1S/C12H14O3/c1-7-4-5-9-6-10(12(13)14-3)15-11(9)8(7)2/h4-5,10H,6H2,1-3H3. The molecule has 0 N–H and O–H groups in total.